The normalized spacial score (nSPS) is 12.3. The van der Waals surface area contributed by atoms with E-state index >= 15 is 0 Å². The smallest absolute Gasteiger partial charge is 0.235 e. The van der Waals surface area contributed by atoms with Crippen molar-refractivity contribution in [1.82, 2.24) is 19.3 Å². The summed E-state index contributed by atoms with van der Waals surface area (Å²) in [6, 6.07) is 0. The van der Waals surface area contributed by atoms with Crippen molar-refractivity contribution in [1.29, 1.82) is 0 Å². The monoisotopic (exact) mass is 358 g/mol. The Bertz CT molecular complexity index is 471. The van der Waals surface area contributed by atoms with E-state index in [0.29, 0.717) is 6.54 Å². The molecule has 0 saturated heterocycles. The van der Waals surface area contributed by atoms with Gasteiger partial charge in [0.05, 0.1) is 0 Å². The summed E-state index contributed by atoms with van der Waals surface area (Å²) in [5.41, 5.74) is 0. The van der Waals surface area contributed by atoms with Gasteiger partial charge in [0, 0.05) is 26.0 Å². The summed E-state index contributed by atoms with van der Waals surface area (Å²) < 4.78 is 27.8. The lowest BCUT2D eigenvalue weighted by Crippen LogP contribution is -2.35. The van der Waals surface area contributed by atoms with Gasteiger partial charge in [-0.2, -0.15) is 4.31 Å². The Hall–Kier alpha value is -0.180. The molecular formula is C9H16BrClN4O2S. The van der Waals surface area contributed by atoms with Gasteiger partial charge in [0.15, 0.2) is 4.60 Å². The molecule has 0 N–H and O–H groups in total. The van der Waals surface area contributed by atoms with Crippen LogP contribution in [0.15, 0.2) is 9.63 Å². The minimum absolute atomic E-state index is 0.0590. The van der Waals surface area contributed by atoms with Crippen molar-refractivity contribution in [3.63, 3.8) is 0 Å². The number of aryl methyl sites for hydroxylation is 1. The molecule has 0 amide bonds. The number of halogens is 2. The van der Waals surface area contributed by atoms with E-state index in [1.165, 1.54) is 8.99 Å². The highest BCUT2D eigenvalue weighted by atomic mass is 79.9. The third-order valence-corrected chi connectivity index (χ3v) is 5.37. The number of rotatable bonds is 7. The van der Waals surface area contributed by atoms with Crippen molar-refractivity contribution in [2.45, 2.75) is 24.8 Å². The van der Waals surface area contributed by atoms with E-state index < -0.39 is 10.0 Å². The van der Waals surface area contributed by atoms with Crippen molar-refractivity contribution in [2.75, 3.05) is 19.0 Å². The van der Waals surface area contributed by atoms with Crippen LogP contribution < -0.4 is 0 Å². The minimum Gasteiger partial charge on any atom is -0.235 e. The predicted molar refractivity (Wildman–Crippen MR) is 73.1 cm³/mol. The minimum atomic E-state index is -3.61. The van der Waals surface area contributed by atoms with Gasteiger partial charge in [-0.3, -0.25) is 0 Å². The highest BCUT2D eigenvalue weighted by molar-refractivity contribution is 9.10. The molecule has 18 heavy (non-hydrogen) atoms. The van der Waals surface area contributed by atoms with Gasteiger partial charge in [0.1, 0.15) is 0 Å². The largest absolute Gasteiger partial charge is 0.263 e. The lowest BCUT2D eigenvalue weighted by molar-refractivity contribution is 0.414. The van der Waals surface area contributed by atoms with Gasteiger partial charge in [-0.05, 0) is 22.4 Å². The predicted octanol–water partition coefficient (Wildman–Crippen LogP) is 1.61. The molecule has 0 unspecified atom stereocenters. The third-order valence-electron chi connectivity index (χ3n) is 2.42. The van der Waals surface area contributed by atoms with Crippen LogP contribution in [-0.4, -0.2) is 46.7 Å². The van der Waals surface area contributed by atoms with Crippen LogP contribution in [0.4, 0.5) is 0 Å². The molecule has 1 heterocycles. The van der Waals surface area contributed by atoms with Crippen LogP contribution in [-0.2, 0) is 17.1 Å². The number of hydrogen-bond acceptors (Lipinski definition) is 4. The highest BCUT2D eigenvalue weighted by Gasteiger charge is 2.30. The molecule has 0 atom stereocenters. The molecule has 6 nitrogen and oxygen atoms in total. The summed E-state index contributed by atoms with van der Waals surface area (Å²) in [5.74, 6) is 0.256. The molecule has 1 aromatic rings. The average molecular weight is 360 g/mol. The SMILES string of the molecule is CCCCN(CCCl)S(=O)(=O)c1c(Br)nnn1C. The number of sulfonamides is 1. The van der Waals surface area contributed by atoms with Crippen molar-refractivity contribution in [3.8, 4) is 0 Å². The summed E-state index contributed by atoms with van der Waals surface area (Å²) in [4.78, 5) is 0. The maximum Gasteiger partial charge on any atom is 0.263 e. The summed E-state index contributed by atoms with van der Waals surface area (Å²) in [6.45, 7) is 2.73. The van der Waals surface area contributed by atoms with Crippen molar-refractivity contribution in [2.24, 2.45) is 7.05 Å². The van der Waals surface area contributed by atoms with Crippen molar-refractivity contribution >= 4 is 37.6 Å². The Balaban J connectivity index is 3.09. The number of alkyl halides is 1. The summed E-state index contributed by atoms with van der Waals surface area (Å²) in [7, 11) is -2.07. The Morgan fingerprint density at radius 3 is 2.56 bits per heavy atom. The van der Waals surface area contributed by atoms with Crippen LogP contribution in [0.1, 0.15) is 19.8 Å². The number of aromatic nitrogens is 3. The second-order valence-corrected chi connectivity index (χ2v) is 6.74. The van der Waals surface area contributed by atoms with E-state index in [-0.39, 0.29) is 22.1 Å². The molecule has 0 aliphatic carbocycles. The van der Waals surface area contributed by atoms with Crippen molar-refractivity contribution < 1.29 is 8.42 Å². The van der Waals surface area contributed by atoms with Gasteiger partial charge < -0.3 is 0 Å². The first kappa shape index (κ1) is 15.9. The molecule has 0 saturated carbocycles. The molecule has 0 bridgehead atoms. The third kappa shape index (κ3) is 3.43. The van der Waals surface area contributed by atoms with E-state index in [1.54, 1.807) is 7.05 Å². The average Bonchev–Trinajstić information content (AvgIpc) is 2.64. The first-order chi connectivity index (χ1) is 8.45. The van der Waals surface area contributed by atoms with E-state index in [1.807, 2.05) is 6.92 Å². The summed E-state index contributed by atoms with van der Waals surface area (Å²) >= 11 is 8.77. The standard InChI is InChI=1S/C9H16BrClN4O2S/c1-3-4-6-15(7-5-11)18(16,17)9-8(10)12-13-14(9)2/h3-7H2,1-2H3. The van der Waals surface area contributed by atoms with Crippen LogP contribution in [0, 0.1) is 0 Å². The molecule has 0 radical (unpaired) electrons. The Kier molecular flexibility index (Phi) is 6.03. The second-order valence-electron chi connectivity index (χ2n) is 3.76. The van der Waals surface area contributed by atoms with Gasteiger partial charge in [0.25, 0.3) is 10.0 Å². The fraction of sp³-hybridized carbons (Fsp3) is 0.778. The molecule has 1 aromatic heterocycles. The number of hydrogen-bond donors (Lipinski definition) is 0. The summed E-state index contributed by atoms with van der Waals surface area (Å²) in [6.07, 6.45) is 1.71. The lowest BCUT2D eigenvalue weighted by Gasteiger charge is -2.20. The molecule has 0 aromatic carbocycles. The first-order valence-corrected chi connectivity index (χ1v) is 8.33. The quantitative estimate of drug-likeness (QED) is 0.694. The van der Waals surface area contributed by atoms with Gasteiger partial charge in [-0.25, -0.2) is 13.1 Å². The van der Waals surface area contributed by atoms with Crippen LogP contribution in [0.25, 0.3) is 0 Å². The fourth-order valence-electron chi connectivity index (χ4n) is 1.50. The Morgan fingerprint density at radius 1 is 1.44 bits per heavy atom. The van der Waals surface area contributed by atoms with E-state index in [2.05, 4.69) is 26.2 Å². The lowest BCUT2D eigenvalue weighted by atomic mass is 10.3. The molecule has 0 aliphatic heterocycles. The maximum atomic E-state index is 12.5. The van der Waals surface area contributed by atoms with Crippen LogP contribution >= 0.6 is 27.5 Å². The van der Waals surface area contributed by atoms with E-state index in [9.17, 15) is 8.42 Å². The zero-order valence-electron chi connectivity index (χ0n) is 10.3. The molecule has 0 aliphatic rings. The molecule has 9 heteroatoms. The zero-order valence-corrected chi connectivity index (χ0v) is 13.5. The van der Waals surface area contributed by atoms with E-state index in [4.69, 9.17) is 11.6 Å². The molecular weight excluding hydrogens is 344 g/mol. The highest BCUT2D eigenvalue weighted by Crippen LogP contribution is 2.22. The zero-order chi connectivity index (χ0) is 13.8. The topological polar surface area (TPSA) is 68.1 Å². The molecule has 1 rings (SSSR count). The van der Waals surface area contributed by atoms with Crippen molar-refractivity contribution in [3.05, 3.63) is 4.60 Å². The van der Waals surface area contributed by atoms with Crippen LogP contribution in [0.3, 0.4) is 0 Å². The molecule has 104 valence electrons. The Morgan fingerprint density at radius 2 is 2.11 bits per heavy atom. The first-order valence-electron chi connectivity index (χ1n) is 5.56. The maximum absolute atomic E-state index is 12.5. The molecule has 0 spiro atoms. The second kappa shape index (κ2) is 6.83. The van der Waals surface area contributed by atoms with Crippen LogP contribution in [0.2, 0.25) is 0 Å². The van der Waals surface area contributed by atoms with Gasteiger partial charge in [0.2, 0.25) is 5.03 Å². The molecule has 0 fully saturated rings. The fourth-order valence-corrected chi connectivity index (χ4v) is 4.32. The number of unbranched alkanes of at least 4 members (excludes halogenated alkanes) is 1. The van der Waals surface area contributed by atoms with Gasteiger partial charge >= 0.3 is 0 Å². The van der Waals surface area contributed by atoms with Gasteiger partial charge in [-0.1, -0.05) is 18.6 Å². The van der Waals surface area contributed by atoms with Crippen LogP contribution in [0.5, 0.6) is 0 Å². The number of nitrogens with zero attached hydrogens (tertiary/aromatic N) is 4. The van der Waals surface area contributed by atoms with Gasteiger partial charge in [-0.15, -0.1) is 16.7 Å². The Labute approximate surface area is 120 Å². The van der Waals surface area contributed by atoms with E-state index in [0.717, 1.165) is 12.8 Å². The summed E-state index contributed by atoms with van der Waals surface area (Å²) in [5, 5.41) is 7.44.